The molecule has 1 heteroatoms. The summed E-state index contributed by atoms with van der Waals surface area (Å²) >= 11 is 0. The Morgan fingerprint density at radius 1 is 0.846 bits per heavy atom. The summed E-state index contributed by atoms with van der Waals surface area (Å²) < 4.78 is 0. The van der Waals surface area contributed by atoms with Crippen molar-refractivity contribution in [2.75, 3.05) is 0 Å². The van der Waals surface area contributed by atoms with E-state index in [1.54, 1.807) is 0 Å². The molecule has 2 radical (unpaired) electrons. The first-order valence-corrected chi connectivity index (χ1v) is 5.83. The van der Waals surface area contributed by atoms with E-state index in [9.17, 15) is 0 Å². The fourth-order valence-corrected chi connectivity index (χ4v) is 2.67. The molecular weight excluding hydrogens is 155 g/mol. The molecule has 76 valence electrons. The van der Waals surface area contributed by atoms with Crippen LogP contribution in [0.2, 0.25) is 5.31 Å². The van der Waals surface area contributed by atoms with Crippen LogP contribution >= 0.6 is 0 Å². The zero-order valence-corrected chi connectivity index (χ0v) is 10.1. The van der Waals surface area contributed by atoms with Gasteiger partial charge in [0.15, 0.2) is 0 Å². The van der Waals surface area contributed by atoms with E-state index in [1.165, 1.54) is 25.7 Å². The van der Waals surface area contributed by atoms with E-state index in [0.717, 1.165) is 0 Å². The summed E-state index contributed by atoms with van der Waals surface area (Å²) in [5.74, 6) is 1.36. The van der Waals surface area contributed by atoms with Gasteiger partial charge in [0, 0.05) is 0 Å². The predicted molar refractivity (Wildman–Crippen MR) is 62.3 cm³/mol. The minimum Gasteiger partial charge on any atom is -0.0671 e. The van der Waals surface area contributed by atoms with Gasteiger partial charge in [0.2, 0.25) is 0 Å². The highest BCUT2D eigenvalue weighted by Crippen LogP contribution is 2.46. The second kappa shape index (κ2) is 5.72. The van der Waals surface area contributed by atoms with Crippen LogP contribution in [0.25, 0.3) is 0 Å². The molecule has 0 saturated heterocycles. The zero-order chi connectivity index (χ0) is 10.5. The molecule has 0 nitrogen and oxygen atoms in total. The Kier molecular flexibility index (Phi) is 5.75. The fourth-order valence-electron chi connectivity index (χ4n) is 2.67. The SMILES string of the molecule is [B]C(C)(C(CC)CC)C(CC)CC. The molecule has 0 rings (SSSR count). The molecule has 0 N–H and O–H groups in total. The summed E-state index contributed by atoms with van der Waals surface area (Å²) in [7, 11) is 6.45. The maximum atomic E-state index is 6.45. The Morgan fingerprint density at radius 3 is 1.23 bits per heavy atom. The van der Waals surface area contributed by atoms with E-state index in [1.807, 2.05) is 0 Å². The molecule has 13 heavy (non-hydrogen) atoms. The molecule has 0 atom stereocenters. The molecule has 0 heterocycles. The number of hydrogen-bond donors (Lipinski definition) is 0. The first-order chi connectivity index (χ1) is 6.04. The lowest BCUT2D eigenvalue weighted by atomic mass is 9.53. The Balaban J connectivity index is 4.48. The molecule has 0 fully saturated rings. The van der Waals surface area contributed by atoms with Crippen LogP contribution in [0.3, 0.4) is 0 Å². The highest BCUT2D eigenvalue weighted by molar-refractivity contribution is 6.15. The van der Waals surface area contributed by atoms with Crippen LogP contribution in [0.1, 0.15) is 60.3 Å². The highest BCUT2D eigenvalue weighted by Gasteiger charge is 2.32. The van der Waals surface area contributed by atoms with E-state index in [4.69, 9.17) is 7.85 Å². The Labute approximate surface area is 85.9 Å². The third-order valence-corrected chi connectivity index (χ3v) is 3.73. The summed E-state index contributed by atoms with van der Waals surface area (Å²) in [6, 6.07) is 0. The average Bonchev–Trinajstić information content (AvgIpc) is 2.07. The van der Waals surface area contributed by atoms with Crippen LogP contribution in [0.15, 0.2) is 0 Å². The van der Waals surface area contributed by atoms with Gasteiger partial charge in [-0.2, -0.15) is 0 Å². The van der Waals surface area contributed by atoms with Crippen LogP contribution in [0, 0.1) is 11.8 Å². The second-order valence-corrected chi connectivity index (χ2v) is 4.39. The quantitative estimate of drug-likeness (QED) is 0.537. The van der Waals surface area contributed by atoms with E-state index in [-0.39, 0.29) is 5.31 Å². The van der Waals surface area contributed by atoms with Gasteiger partial charge >= 0.3 is 0 Å². The molecule has 0 bridgehead atoms. The van der Waals surface area contributed by atoms with E-state index >= 15 is 0 Å². The molecule has 0 saturated carbocycles. The van der Waals surface area contributed by atoms with Gasteiger partial charge in [-0.1, -0.05) is 65.6 Å². The van der Waals surface area contributed by atoms with Crippen molar-refractivity contribution in [3.63, 3.8) is 0 Å². The topological polar surface area (TPSA) is 0 Å². The maximum Gasteiger partial charge on any atom is 0.0750 e. The summed E-state index contributed by atoms with van der Waals surface area (Å²) in [4.78, 5) is 0. The van der Waals surface area contributed by atoms with Crippen molar-refractivity contribution >= 4 is 7.85 Å². The van der Waals surface area contributed by atoms with E-state index in [0.29, 0.717) is 11.8 Å². The minimum absolute atomic E-state index is 0.0347. The van der Waals surface area contributed by atoms with Crippen molar-refractivity contribution in [1.82, 2.24) is 0 Å². The first kappa shape index (κ1) is 13.1. The molecule has 0 aliphatic rings. The summed E-state index contributed by atoms with van der Waals surface area (Å²) in [5, 5.41) is 0.0347. The van der Waals surface area contributed by atoms with Gasteiger partial charge in [0.05, 0.1) is 7.85 Å². The molecule has 0 aliphatic carbocycles. The van der Waals surface area contributed by atoms with Crippen LogP contribution < -0.4 is 0 Å². The van der Waals surface area contributed by atoms with Gasteiger partial charge in [-0.05, 0) is 11.8 Å². The van der Waals surface area contributed by atoms with Crippen molar-refractivity contribution in [2.24, 2.45) is 11.8 Å². The third kappa shape index (κ3) is 3.04. The second-order valence-electron chi connectivity index (χ2n) is 4.39. The van der Waals surface area contributed by atoms with E-state index in [2.05, 4.69) is 34.6 Å². The van der Waals surface area contributed by atoms with E-state index < -0.39 is 0 Å². The molecule has 0 aromatic heterocycles. The fraction of sp³-hybridized carbons (Fsp3) is 1.00. The number of hydrogen-bond acceptors (Lipinski definition) is 0. The van der Waals surface area contributed by atoms with Crippen molar-refractivity contribution in [3.05, 3.63) is 0 Å². The molecule has 0 amide bonds. The Morgan fingerprint density at radius 2 is 1.08 bits per heavy atom. The first-order valence-electron chi connectivity index (χ1n) is 5.83. The van der Waals surface area contributed by atoms with Gasteiger partial charge < -0.3 is 0 Å². The lowest BCUT2D eigenvalue weighted by molar-refractivity contribution is 0.242. The minimum atomic E-state index is 0.0347. The van der Waals surface area contributed by atoms with Gasteiger partial charge in [-0.15, -0.1) is 0 Å². The highest BCUT2D eigenvalue weighted by atomic mass is 14.3. The van der Waals surface area contributed by atoms with Crippen molar-refractivity contribution < 1.29 is 0 Å². The van der Waals surface area contributed by atoms with Crippen LogP contribution in [-0.4, -0.2) is 7.85 Å². The lowest BCUT2D eigenvalue weighted by Gasteiger charge is -2.40. The Bertz CT molecular complexity index is 107. The average molecular weight is 180 g/mol. The molecule has 0 aromatic rings. The molecule has 0 aromatic carbocycles. The molecular formula is C12H25B. The van der Waals surface area contributed by atoms with Crippen LogP contribution in [0.4, 0.5) is 0 Å². The van der Waals surface area contributed by atoms with Gasteiger partial charge in [-0.25, -0.2) is 0 Å². The van der Waals surface area contributed by atoms with Crippen LogP contribution in [-0.2, 0) is 0 Å². The normalized spacial score (nSPS) is 12.8. The largest absolute Gasteiger partial charge is 0.0750 e. The van der Waals surface area contributed by atoms with Gasteiger partial charge in [-0.3, -0.25) is 0 Å². The monoisotopic (exact) mass is 180 g/mol. The van der Waals surface area contributed by atoms with Crippen molar-refractivity contribution in [2.45, 2.75) is 65.6 Å². The predicted octanol–water partition coefficient (Wildman–Crippen LogP) is 4.21. The van der Waals surface area contributed by atoms with Crippen LogP contribution in [0.5, 0.6) is 0 Å². The number of rotatable bonds is 6. The summed E-state index contributed by atoms with van der Waals surface area (Å²) in [6.07, 6.45) is 4.83. The maximum absolute atomic E-state index is 6.45. The smallest absolute Gasteiger partial charge is 0.0671 e. The molecule has 0 unspecified atom stereocenters. The van der Waals surface area contributed by atoms with Crippen molar-refractivity contribution in [3.8, 4) is 0 Å². The Hall–Kier alpha value is 0.0649. The molecule has 0 spiro atoms. The summed E-state index contributed by atoms with van der Waals surface area (Å²) in [6.45, 7) is 11.2. The standard InChI is InChI=1S/C12H25B/c1-6-10(7-2)12(5,13)11(8-3)9-4/h10-11H,6-9H2,1-5H3. The molecule has 0 aliphatic heterocycles. The van der Waals surface area contributed by atoms with Crippen molar-refractivity contribution in [1.29, 1.82) is 0 Å². The lowest BCUT2D eigenvalue weighted by Crippen LogP contribution is -2.28. The third-order valence-electron chi connectivity index (χ3n) is 3.73. The zero-order valence-electron chi connectivity index (χ0n) is 10.1. The van der Waals surface area contributed by atoms with Gasteiger partial charge in [0.25, 0.3) is 0 Å². The summed E-state index contributed by atoms with van der Waals surface area (Å²) in [5.41, 5.74) is 0. The van der Waals surface area contributed by atoms with Gasteiger partial charge in [0.1, 0.15) is 0 Å².